The second-order valence-corrected chi connectivity index (χ2v) is 5.15. The molecule has 3 nitrogen and oxygen atoms in total. The molecule has 2 saturated heterocycles. The molecule has 1 aromatic rings. The first-order valence-electron chi connectivity index (χ1n) is 6.35. The molecular weight excluding hydrogens is 214 g/mol. The molecule has 0 saturated carbocycles. The van der Waals surface area contributed by atoms with Gasteiger partial charge in [0.25, 0.3) is 0 Å². The highest BCUT2D eigenvalue weighted by Gasteiger charge is 2.38. The molecular formula is C14H17NO2. The van der Waals surface area contributed by atoms with Gasteiger partial charge < -0.3 is 4.74 Å². The third-order valence-corrected chi connectivity index (χ3v) is 3.80. The number of ketones is 1. The molecule has 3 rings (SSSR count). The highest BCUT2D eigenvalue weighted by atomic mass is 16.5. The second-order valence-electron chi connectivity index (χ2n) is 5.15. The van der Waals surface area contributed by atoms with Gasteiger partial charge in [-0.2, -0.15) is 0 Å². The summed E-state index contributed by atoms with van der Waals surface area (Å²) in [5.41, 5.74) is 1.53. The molecule has 2 fully saturated rings. The van der Waals surface area contributed by atoms with Crippen LogP contribution in [0.15, 0.2) is 18.2 Å². The van der Waals surface area contributed by atoms with Crippen LogP contribution in [0.3, 0.4) is 0 Å². The smallest absolute Gasteiger partial charge is 0.184 e. The number of ether oxygens (including phenoxy) is 1. The van der Waals surface area contributed by atoms with E-state index in [9.17, 15) is 4.79 Å². The molecule has 90 valence electrons. The Kier molecular flexibility index (Phi) is 2.71. The first kappa shape index (κ1) is 10.9. The molecule has 0 aliphatic carbocycles. The maximum absolute atomic E-state index is 12.4. The molecule has 0 radical (unpaired) electrons. The first-order valence-corrected chi connectivity index (χ1v) is 6.35. The van der Waals surface area contributed by atoms with E-state index in [2.05, 4.69) is 4.98 Å². The Balaban J connectivity index is 1.78. The summed E-state index contributed by atoms with van der Waals surface area (Å²) in [5, 5.41) is 0. The maximum Gasteiger partial charge on any atom is 0.184 e. The van der Waals surface area contributed by atoms with Crippen LogP contribution in [0.4, 0.5) is 0 Å². The van der Waals surface area contributed by atoms with Gasteiger partial charge in [0.1, 0.15) is 5.69 Å². The summed E-state index contributed by atoms with van der Waals surface area (Å²) < 4.78 is 5.76. The summed E-state index contributed by atoms with van der Waals surface area (Å²) in [7, 11) is 0. The van der Waals surface area contributed by atoms with Gasteiger partial charge in [0.15, 0.2) is 5.78 Å². The number of Topliss-reactive ketones (excluding diaryl/α,β-unsaturated/α-hetero) is 1. The summed E-state index contributed by atoms with van der Waals surface area (Å²) in [6.45, 7) is 1.92. The normalized spacial score (nSPS) is 31.5. The number of fused-ring (bicyclic) bond motifs is 2. The van der Waals surface area contributed by atoms with E-state index in [-0.39, 0.29) is 11.7 Å². The van der Waals surface area contributed by atoms with Gasteiger partial charge in [0.2, 0.25) is 0 Å². The number of rotatable bonds is 2. The van der Waals surface area contributed by atoms with Crippen molar-refractivity contribution in [3.8, 4) is 0 Å². The SMILES string of the molecule is Cc1cccc(C(=O)C2CC3CCC(C2)O3)n1. The van der Waals surface area contributed by atoms with E-state index < -0.39 is 0 Å². The van der Waals surface area contributed by atoms with Crippen LogP contribution in [-0.4, -0.2) is 23.0 Å². The van der Waals surface area contributed by atoms with E-state index in [1.54, 1.807) is 0 Å². The van der Waals surface area contributed by atoms with Gasteiger partial charge in [-0.3, -0.25) is 9.78 Å². The van der Waals surface area contributed by atoms with Gasteiger partial charge in [-0.15, -0.1) is 0 Å². The van der Waals surface area contributed by atoms with Crippen LogP contribution in [0, 0.1) is 12.8 Å². The molecule has 1 aromatic heterocycles. The summed E-state index contributed by atoms with van der Waals surface area (Å²) in [5.74, 6) is 0.324. The van der Waals surface area contributed by atoms with Crippen molar-refractivity contribution in [3.05, 3.63) is 29.6 Å². The lowest BCUT2D eigenvalue weighted by molar-refractivity contribution is -0.0150. The van der Waals surface area contributed by atoms with Crippen molar-refractivity contribution in [2.24, 2.45) is 5.92 Å². The van der Waals surface area contributed by atoms with Crippen LogP contribution >= 0.6 is 0 Å². The first-order chi connectivity index (χ1) is 8.22. The summed E-state index contributed by atoms with van der Waals surface area (Å²) in [6.07, 6.45) is 4.63. The summed E-state index contributed by atoms with van der Waals surface area (Å²) >= 11 is 0. The van der Waals surface area contributed by atoms with Crippen molar-refractivity contribution < 1.29 is 9.53 Å². The number of aromatic nitrogens is 1. The van der Waals surface area contributed by atoms with Crippen LogP contribution in [0.25, 0.3) is 0 Å². The monoisotopic (exact) mass is 231 g/mol. The van der Waals surface area contributed by atoms with Gasteiger partial charge in [0.05, 0.1) is 12.2 Å². The minimum Gasteiger partial charge on any atom is -0.375 e. The van der Waals surface area contributed by atoms with Crippen LogP contribution < -0.4 is 0 Å². The molecule has 0 spiro atoms. The Morgan fingerprint density at radius 3 is 2.65 bits per heavy atom. The van der Waals surface area contributed by atoms with Crippen LogP contribution in [0.2, 0.25) is 0 Å². The number of carbonyl (C=O) groups is 1. The predicted octanol–water partition coefficient (Wildman–Crippen LogP) is 2.53. The lowest BCUT2D eigenvalue weighted by atomic mass is 9.90. The summed E-state index contributed by atoms with van der Waals surface area (Å²) in [6, 6.07) is 5.65. The molecule has 2 aliphatic rings. The molecule has 0 amide bonds. The zero-order chi connectivity index (χ0) is 11.8. The average Bonchev–Trinajstić information content (AvgIpc) is 2.67. The fourth-order valence-corrected chi connectivity index (χ4v) is 2.96. The van der Waals surface area contributed by atoms with E-state index in [0.717, 1.165) is 31.4 Å². The molecule has 3 heterocycles. The van der Waals surface area contributed by atoms with Crippen LogP contribution in [-0.2, 0) is 4.74 Å². The molecule has 2 atom stereocenters. The zero-order valence-electron chi connectivity index (χ0n) is 10.1. The van der Waals surface area contributed by atoms with E-state index in [1.165, 1.54) is 0 Å². The van der Waals surface area contributed by atoms with Gasteiger partial charge in [-0.25, -0.2) is 0 Å². The van der Waals surface area contributed by atoms with Crippen LogP contribution in [0.5, 0.6) is 0 Å². The topological polar surface area (TPSA) is 39.2 Å². The van der Waals surface area contributed by atoms with Crippen LogP contribution in [0.1, 0.15) is 41.9 Å². The van der Waals surface area contributed by atoms with E-state index >= 15 is 0 Å². The number of hydrogen-bond acceptors (Lipinski definition) is 3. The molecule has 17 heavy (non-hydrogen) atoms. The lowest BCUT2D eigenvalue weighted by Gasteiger charge is -2.27. The summed E-state index contributed by atoms with van der Waals surface area (Å²) in [4.78, 5) is 16.7. The van der Waals surface area contributed by atoms with Gasteiger partial charge in [-0.1, -0.05) is 6.07 Å². The van der Waals surface area contributed by atoms with Crippen molar-refractivity contribution in [1.29, 1.82) is 0 Å². The number of hydrogen-bond donors (Lipinski definition) is 0. The second kappa shape index (κ2) is 4.22. The fourth-order valence-electron chi connectivity index (χ4n) is 2.96. The molecule has 0 N–H and O–H groups in total. The third kappa shape index (κ3) is 2.12. The molecule has 0 aromatic carbocycles. The van der Waals surface area contributed by atoms with Gasteiger partial charge in [0, 0.05) is 11.6 Å². The van der Waals surface area contributed by atoms with Crippen molar-refractivity contribution >= 4 is 5.78 Å². The molecule has 2 aliphatic heterocycles. The standard InChI is InChI=1S/C14H17NO2/c1-9-3-2-4-13(15-9)14(16)10-7-11-5-6-12(8-10)17-11/h2-4,10-12H,5-8H2,1H3. The van der Waals surface area contributed by atoms with Gasteiger partial charge in [-0.05, 0) is 44.7 Å². The van der Waals surface area contributed by atoms with Crippen molar-refractivity contribution in [2.75, 3.05) is 0 Å². The molecule has 2 unspecified atom stereocenters. The fraction of sp³-hybridized carbons (Fsp3) is 0.571. The molecule has 2 bridgehead atoms. The van der Waals surface area contributed by atoms with Crippen molar-refractivity contribution in [2.45, 2.75) is 44.8 Å². The number of carbonyl (C=O) groups excluding carboxylic acids is 1. The Morgan fingerprint density at radius 1 is 1.29 bits per heavy atom. The van der Waals surface area contributed by atoms with Crippen molar-refractivity contribution in [1.82, 2.24) is 4.98 Å². The Morgan fingerprint density at radius 2 is 2.00 bits per heavy atom. The largest absolute Gasteiger partial charge is 0.375 e. The third-order valence-electron chi connectivity index (χ3n) is 3.80. The highest BCUT2D eigenvalue weighted by molar-refractivity contribution is 5.96. The average molecular weight is 231 g/mol. The maximum atomic E-state index is 12.4. The Labute approximate surface area is 101 Å². The number of nitrogens with zero attached hydrogens (tertiary/aromatic N) is 1. The number of aryl methyl sites for hydroxylation is 1. The quantitative estimate of drug-likeness (QED) is 0.734. The lowest BCUT2D eigenvalue weighted by Crippen LogP contribution is -2.30. The predicted molar refractivity (Wildman–Crippen MR) is 63.9 cm³/mol. The van der Waals surface area contributed by atoms with Crippen molar-refractivity contribution in [3.63, 3.8) is 0 Å². The minimum absolute atomic E-state index is 0.121. The van der Waals surface area contributed by atoms with E-state index in [1.807, 2.05) is 25.1 Å². The highest BCUT2D eigenvalue weighted by Crippen LogP contribution is 2.37. The molecule has 3 heteroatoms. The van der Waals surface area contributed by atoms with E-state index in [0.29, 0.717) is 17.9 Å². The Hall–Kier alpha value is -1.22. The van der Waals surface area contributed by atoms with Gasteiger partial charge >= 0.3 is 0 Å². The number of pyridine rings is 1. The zero-order valence-corrected chi connectivity index (χ0v) is 10.1. The minimum atomic E-state index is 0.121. The van der Waals surface area contributed by atoms with E-state index in [4.69, 9.17) is 4.74 Å². The Bertz CT molecular complexity index is 432.